The number of rotatable bonds is 4. The quantitative estimate of drug-likeness (QED) is 0.493. The van der Waals surface area contributed by atoms with E-state index in [0.717, 1.165) is 10.0 Å². The van der Waals surface area contributed by atoms with Crippen LogP contribution in [0.3, 0.4) is 0 Å². The predicted molar refractivity (Wildman–Crippen MR) is 89.2 cm³/mol. The highest BCUT2D eigenvalue weighted by Gasteiger charge is 2.10. The first-order valence-electron chi connectivity index (χ1n) is 6.00. The number of carbonyl (C=O) groups is 1. The summed E-state index contributed by atoms with van der Waals surface area (Å²) in [5.41, 5.74) is 0.861. The zero-order valence-corrected chi connectivity index (χ0v) is 15.0. The fourth-order valence-corrected chi connectivity index (χ4v) is 2.98. The van der Waals surface area contributed by atoms with Crippen molar-refractivity contribution in [3.8, 4) is 11.5 Å². The van der Waals surface area contributed by atoms with E-state index in [0.29, 0.717) is 21.0 Å². The highest BCUT2D eigenvalue weighted by molar-refractivity contribution is 9.11. The van der Waals surface area contributed by atoms with Crippen molar-refractivity contribution >= 4 is 49.4 Å². The molecule has 6 heteroatoms. The third-order valence-electron chi connectivity index (χ3n) is 2.60. The number of carbonyl (C=O) groups excluding carboxylic acids is 1. The molecule has 0 amide bonds. The summed E-state index contributed by atoms with van der Waals surface area (Å²) in [5, 5.41) is 0.626. The van der Waals surface area contributed by atoms with Gasteiger partial charge in [0.15, 0.2) is 6.61 Å². The number of ether oxygens (including phenoxy) is 2. The van der Waals surface area contributed by atoms with Crippen LogP contribution in [0.2, 0.25) is 5.02 Å². The number of hydrogen-bond acceptors (Lipinski definition) is 3. The molecule has 0 unspecified atom stereocenters. The molecule has 0 spiro atoms. The second-order valence-electron chi connectivity index (χ2n) is 4.25. The first-order chi connectivity index (χ1) is 9.95. The Morgan fingerprint density at radius 2 is 1.86 bits per heavy atom. The molecule has 0 saturated carbocycles. The fraction of sp³-hybridized carbons (Fsp3) is 0.133. The van der Waals surface area contributed by atoms with Gasteiger partial charge in [0, 0.05) is 9.50 Å². The van der Waals surface area contributed by atoms with E-state index in [-0.39, 0.29) is 6.61 Å². The van der Waals surface area contributed by atoms with Gasteiger partial charge in [-0.2, -0.15) is 0 Å². The maximum absolute atomic E-state index is 11.8. The topological polar surface area (TPSA) is 35.5 Å². The summed E-state index contributed by atoms with van der Waals surface area (Å²) in [5.74, 6) is 0.568. The van der Waals surface area contributed by atoms with E-state index in [1.807, 2.05) is 6.92 Å². The molecule has 0 aromatic heterocycles. The van der Waals surface area contributed by atoms with Crippen LogP contribution in [0.1, 0.15) is 5.56 Å². The van der Waals surface area contributed by atoms with E-state index >= 15 is 0 Å². The molecule has 0 saturated heterocycles. The number of halogens is 3. The second kappa shape index (κ2) is 7.29. The smallest absolute Gasteiger partial charge is 0.349 e. The molecule has 0 atom stereocenters. The lowest BCUT2D eigenvalue weighted by molar-refractivity contribution is -0.136. The van der Waals surface area contributed by atoms with E-state index in [1.165, 1.54) is 0 Å². The Balaban J connectivity index is 1.96. The van der Waals surface area contributed by atoms with Gasteiger partial charge < -0.3 is 9.47 Å². The van der Waals surface area contributed by atoms with Crippen molar-refractivity contribution in [1.82, 2.24) is 0 Å². The van der Waals surface area contributed by atoms with Crippen LogP contribution < -0.4 is 9.47 Å². The van der Waals surface area contributed by atoms with Crippen LogP contribution in [0.4, 0.5) is 0 Å². The van der Waals surface area contributed by atoms with Gasteiger partial charge in [-0.1, -0.05) is 27.5 Å². The summed E-state index contributed by atoms with van der Waals surface area (Å²) in [6, 6.07) is 10.5. The third kappa shape index (κ3) is 4.73. The van der Waals surface area contributed by atoms with E-state index < -0.39 is 5.97 Å². The molecule has 0 fully saturated rings. The summed E-state index contributed by atoms with van der Waals surface area (Å²) in [6.07, 6.45) is 0. The summed E-state index contributed by atoms with van der Waals surface area (Å²) in [6.45, 7) is 1.68. The fourth-order valence-electron chi connectivity index (χ4n) is 1.62. The van der Waals surface area contributed by atoms with Crippen molar-refractivity contribution in [3.05, 3.63) is 55.9 Å². The van der Waals surface area contributed by atoms with Gasteiger partial charge in [0.2, 0.25) is 0 Å². The summed E-state index contributed by atoms with van der Waals surface area (Å²) < 4.78 is 12.2. The molecule has 0 N–H and O–H groups in total. The molecule has 110 valence electrons. The summed E-state index contributed by atoms with van der Waals surface area (Å²) in [4.78, 5) is 11.8. The van der Waals surface area contributed by atoms with Gasteiger partial charge in [0.25, 0.3) is 0 Å². The lowest BCUT2D eigenvalue weighted by atomic mass is 10.2. The minimum Gasteiger partial charge on any atom is -0.482 e. The zero-order valence-electron chi connectivity index (χ0n) is 11.0. The number of esters is 1. The molecule has 2 aromatic carbocycles. The molecule has 3 nitrogen and oxygen atoms in total. The Labute approximate surface area is 144 Å². The highest BCUT2D eigenvalue weighted by atomic mass is 79.9. The largest absolute Gasteiger partial charge is 0.482 e. The van der Waals surface area contributed by atoms with Gasteiger partial charge in [-0.05, 0) is 64.8 Å². The molecule has 0 aliphatic carbocycles. The molecule has 0 aliphatic rings. The number of aryl methyl sites for hydroxylation is 1. The van der Waals surface area contributed by atoms with E-state index in [9.17, 15) is 4.79 Å². The van der Waals surface area contributed by atoms with E-state index in [4.69, 9.17) is 21.1 Å². The predicted octanol–water partition coefficient (Wildman–Crippen LogP) is 5.16. The van der Waals surface area contributed by atoms with Crippen molar-refractivity contribution in [2.45, 2.75) is 6.92 Å². The SMILES string of the molecule is Cc1cc(Cl)ccc1OCC(=O)Oc1ccc(Br)cc1Br. The minimum atomic E-state index is -0.479. The Morgan fingerprint density at radius 3 is 2.52 bits per heavy atom. The Morgan fingerprint density at radius 1 is 1.14 bits per heavy atom. The maximum atomic E-state index is 11.8. The molecule has 0 radical (unpaired) electrons. The Kier molecular flexibility index (Phi) is 5.67. The average molecular weight is 435 g/mol. The molecular formula is C15H11Br2ClO3. The van der Waals surface area contributed by atoms with E-state index in [2.05, 4.69) is 31.9 Å². The van der Waals surface area contributed by atoms with Crippen molar-refractivity contribution in [2.24, 2.45) is 0 Å². The van der Waals surface area contributed by atoms with Crippen LogP contribution in [-0.4, -0.2) is 12.6 Å². The minimum absolute atomic E-state index is 0.176. The summed E-state index contributed by atoms with van der Waals surface area (Å²) >= 11 is 12.5. The van der Waals surface area contributed by atoms with Crippen molar-refractivity contribution in [2.75, 3.05) is 6.61 Å². The van der Waals surface area contributed by atoms with Crippen LogP contribution in [0.25, 0.3) is 0 Å². The average Bonchev–Trinajstić information content (AvgIpc) is 2.41. The first kappa shape index (κ1) is 16.3. The van der Waals surface area contributed by atoms with Crippen molar-refractivity contribution in [1.29, 1.82) is 0 Å². The first-order valence-corrected chi connectivity index (χ1v) is 7.97. The molecule has 2 rings (SSSR count). The normalized spacial score (nSPS) is 10.3. The Bertz CT molecular complexity index is 674. The van der Waals surface area contributed by atoms with Crippen LogP contribution in [0.5, 0.6) is 11.5 Å². The lowest BCUT2D eigenvalue weighted by Crippen LogP contribution is -2.18. The van der Waals surface area contributed by atoms with Gasteiger partial charge in [-0.3, -0.25) is 0 Å². The standard InChI is InChI=1S/C15H11Br2ClO3/c1-9-6-11(18)3-5-13(9)20-8-15(19)21-14-4-2-10(16)7-12(14)17/h2-7H,8H2,1H3. The van der Waals surface area contributed by atoms with Crippen LogP contribution in [-0.2, 0) is 4.79 Å². The Hall–Kier alpha value is -1.04. The maximum Gasteiger partial charge on any atom is 0.349 e. The molecular weight excluding hydrogens is 423 g/mol. The number of benzene rings is 2. The van der Waals surface area contributed by atoms with E-state index in [1.54, 1.807) is 36.4 Å². The van der Waals surface area contributed by atoms with Gasteiger partial charge in [-0.15, -0.1) is 0 Å². The summed E-state index contributed by atoms with van der Waals surface area (Å²) in [7, 11) is 0. The monoisotopic (exact) mass is 432 g/mol. The lowest BCUT2D eigenvalue weighted by Gasteiger charge is -2.10. The van der Waals surface area contributed by atoms with Gasteiger partial charge >= 0.3 is 5.97 Å². The van der Waals surface area contributed by atoms with Crippen molar-refractivity contribution < 1.29 is 14.3 Å². The zero-order chi connectivity index (χ0) is 15.4. The van der Waals surface area contributed by atoms with Crippen molar-refractivity contribution in [3.63, 3.8) is 0 Å². The molecule has 2 aromatic rings. The molecule has 0 aliphatic heterocycles. The van der Waals surface area contributed by atoms with Crippen LogP contribution in [0.15, 0.2) is 45.3 Å². The number of hydrogen-bond donors (Lipinski definition) is 0. The molecule has 0 bridgehead atoms. The molecule has 0 heterocycles. The molecule has 21 heavy (non-hydrogen) atoms. The third-order valence-corrected chi connectivity index (χ3v) is 3.95. The van der Waals surface area contributed by atoms with Gasteiger partial charge in [0.1, 0.15) is 11.5 Å². The van der Waals surface area contributed by atoms with Gasteiger partial charge in [-0.25, -0.2) is 4.79 Å². The van der Waals surface area contributed by atoms with Gasteiger partial charge in [0.05, 0.1) is 4.47 Å². The highest BCUT2D eigenvalue weighted by Crippen LogP contribution is 2.28. The second-order valence-corrected chi connectivity index (χ2v) is 6.45. The van der Waals surface area contributed by atoms with Crippen LogP contribution >= 0.6 is 43.5 Å². The van der Waals surface area contributed by atoms with Crippen LogP contribution in [0, 0.1) is 6.92 Å².